The van der Waals surface area contributed by atoms with Crippen LogP contribution in [0.5, 0.6) is 34.5 Å². The molecule has 3 aromatic carbocycles. The molecule has 3 rings (SSSR count). The van der Waals surface area contributed by atoms with Gasteiger partial charge in [0.1, 0.15) is 18.1 Å². The van der Waals surface area contributed by atoms with Crippen molar-refractivity contribution in [2.24, 2.45) is 0 Å². The molecule has 0 atom stereocenters. The fourth-order valence-corrected chi connectivity index (χ4v) is 3.23. The van der Waals surface area contributed by atoms with E-state index in [2.05, 4.69) is 11.8 Å². The van der Waals surface area contributed by atoms with Crippen LogP contribution in [0.4, 0.5) is 0 Å². The third-order valence-electron chi connectivity index (χ3n) is 4.62. The lowest BCUT2D eigenvalue weighted by molar-refractivity contribution is 0.342. The van der Waals surface area contributed by atoms with Crippen LogP contribution in [-0.2, 0) is 0 Å². The number of aromatic hydroxyl groups is 3. The van der Waals surface area contributed by atoms with Crippen LogP contribution in [0.15, 0.2) is 60.1 Å². The summed E-state index contributed by atoms with van der Waals surface area (Å²) in [5, 5.41) is 31.0. The predicted molar refractivity (Wildman–Crippen MR) is 124 cm³/mol. The highest BCUT2D eigenvalue weighted by atomic mass is 35.5. The van der Waals surface area contributed by atoms with Crippen molar-refractivity contribution in [2.75, 3.05) is 20.8 Å². The lowest BCUT2D eigenvalue weighted by Gasteiger charge is -2.18. The monoisotopic (exact) mass is 452 g/mol. The molecule has 0 saturated carbocycles. The largest absolute Gasteiger partial charge is 0.508 e. The summed E-state index contributed by atoms with van der Waals surface area (Å²) in [6.07, 6.45) is 1.47. The topological polar surface area (TPSA) is 88.4 Å². The summed E-state index contributed by atoms with van der Waals surface area (Å²) in [4.78, 5) is 0. The Morgan fingerprint density at radius 3 is 2.25 bits per heavy atom. The first kappa shape index (κ1) is 22.7. The molecule has 32 heavy (non-hydrogen) atoms. The van der Waals surface area contributed by atoms with Crippen molar-refractivity contribution in [3.63, 3.8) is 0 Å². The number of phenolic OH excluding ortho intramolecular Hbond substituents is 3. The van der Waals surface area contributed by atoms with Crippen molar-refractivity contribution < 1.29 is 29.5 Å². The highest BCUT2D eigenvalue weighted by molar-refractivity contribution is 6.25. The van der Waals surface area contributed by atoms with Gasteiger partial charge in [-0.3, -0.25) is 0 Å². The summed E-state index contributed by atoms with van der Waals surface area (Å²) in [7, 11) is 2.93. The van der Waals surface area contributed by atoms with Gasteiger partial charge in [-0.1, -0.05) is 41.6 Å². The van der Waals surface area contributed by atoms with Gasteiger partial charge in [0.05, 0.1) is 19.8 Å². The third kappa shape index (κ3) is 4.85. The molecule has 0 saturated heterocycles. The second kappa shape index (κ2) is 10.4. The number of rotatable bonds is 6. The van der Waals surface area contributed by atoms with Crippen LogP contribution in [0.3, 0.4) is 0 Å². The molecule has 0 fully saturated rings. The standard InChI is InChI=1S/C25H21ClO6/c1-30-22-15-19(16-6-9-18(27)10-7-16)25(31-2)24(29)23(22)17-8-11-21(20(28)14-17)32-13-5-3-4-12-26/h4,6-12,14-15,27-29H,13H2,1-2H3/b12-4-. The molecule has 0 unspecified atom stereocenters. The second-order valence-electron chi connectivity index (χ2n) is 6.52. The van der Waals surface area contributed by atoms with Crippen molar-refractivity contribution >= 4 is 11.6 Å². The van der Waals surface area contributed by atoms with Gasteiger partial charge in [-0.2, -0.15) is 0 Å². The number of allylic oxidation sites excluding steroid dienone is 1. The van der Waals surface area contributed by atoms with Gasteiger partial charge in [0, 0.05) is 11.1 Å². The van der Waals surface area contributed by atoms with E-state index in [1.165, 1.54) is 31.9 Å². The second-order valence-corrected chi connectivity index (χ2v) is 6.77. The fourth-order valence-electron chi connectivity index (χ4n) is 3.17. The maximum Gasteiger partial charge on any atom is 0.170 e. The lowest BCUT2D eigenvalue weighted by Crippen LogP contribution is -1.97. The zero-order valence-electron chi connectivity index (χ0n) is 17.4. The Labute approximate surface area is 190 Å². The van der Waals surface area contributed by atoms with Crippen molar-refractivity contribution in [3.8, 4) is 68.6 Å². The minimum absolute atomic E-state index is 0.0673. The van der Waals surface area contributed by atoms with Gasteiger partial charge < -0.3 is 29.5 Å². The molecule has 164 valence electrons. The summed E-state index contributed by atoms with van der Waals surface area (Å²) in [5.74, 6) is 6.09. The van der Waals surface area contributed by atoms with Crippen LogP contribution >= 0.6 is 11.6 Å². The number of benzene rings is 3. The normalized spacial score (nSPS) is 10.5. The molecule has 6 nitrogen and oxygen atoms in total. The molecule has 0 amide bonds. The summed E-state index contributed by atoms with van der Waals surface area (Å²) >= 11 is 5.39. The van der Waals surface area contributed by atoms with Crippen LogP contribution in [0.25, 0.3) is 22.3 Å². The van der Waals surface area contributed by atoms with E-state index in [1.54, 1.807) is 42.5 Å². The molecule has 7 heteroatoms. The third-order valence-corrected chi connectivity index (χ3v) is 4.74. The number of hydrogen-bond acceptors (Lipinski definition) is 6. The van der Waals surface area contributed by atoms with Crippen molar-refractivity contribution in [2.45, 2.75) is 0 Å². The highest BCUT2D eigenvalue weighted by Crippen LogP contribution is 2.50. The van der Waals surface area contributed by atoms with Gasteiger partial charge in [0.15, 0.2) is 23.0 Å². The minimum atomic E-state index is -0.151. The summed E-state index contributed by atoms with van der Waals surface area (Å²) in [6, 6.07) is 12.9. The van der Waals surface area contributed by atoms with Gasteiger partial charge in [0.25, 0.3) is 0 Å². The molecule has 0 aliphatic carbocycles. The highest BCUT2D eigenvalue weighted by Gasteiger charge is 2.22. The Bertz CT molecular complexity index is 1190. The zero-order valence-corrected chi connectivity index (χ0v) is 18.2. The lowest BCUT2D eigenvalue weighted by atomic mass is 9.96. The Morgan fingerprint density at radius 1 is 0.906 bits per heavy atom. The van der Waals surface area contributed by atoms with Crippen LogP contribution in [-0.4, -0.2) is 36.1 Å². The van der Waals surface area contributed by atoms with Gasteiger partial charge in [-0.05, 0) is 47.5 Å². The SMILES string of the molecule is COc1cc(-c2ccc(O)cc2)c(OC)c(O)c1-c1ccc(OCC#C/C=C\Cl)c(O)c1. The molecule has 3 aromatic rings. The Hall–Kier alpha value is -3.95. The first-order valence-corrected chi connectivity index (χ1v) is 9.91. The van der Waals surface area contributed by atoms with E-state index >= 15 is 0 Å². The first-order chi connectivity index (χ1) is 15.5. The van der Waals surface area contributed by atoms with Gasteiger partial charge in [-0.25, -0.2) is 0 Å². The number of phenols is 3. The maximum absolute atomic E-state index is 11.0. The smallest absolute Gasteiger partial charge is 0.170 e. The van der Waals surface area contributed by atoms with E-state index in [-0.39, 0.29) is 35.4 Å². The predicted octanol–water partition coefficient (Wildman–Crippen LogP) is 5.29. The Kier molecular flexibility index (Phi) is 7.37. The molecular weight excluding hydrogens is 432 g/mol. The Balaban J connectivity index is 2.03. The molecule has 0 aromatic heterocycles. The molecule has 0 aliphatic rings. The quantitative estimate of drug-likeness (QED) is 0.440. The molecule has 0 aliphatic heterocycles. The summed E-state index contributed by atoms with van der Waals surface area (Å²) < 4.78 is 16.5. The van der Waals surface area contributed by atoms with Crippen LogP contribution in [0, 0.1) is 11.8 Å². The molecule has 0 bridgehead atoms. The Morgan fingerprint density at radius 2 is 1.62 bits per heavy atom. The van der Waals surface area contributed by atoms with E-state index in [0.717, 1.165) is 5.56 Å². The zero-order chi connectivity index (χ0) is 23.1. The van der Waals surface area contributed by atoms with Crippen LogP contribution in [0.2, 0.25) is 0 Å². The van der Waals surface area contributed by atoms with Crippen molar-refractivity contribution in [1.29, 1.82) is 0 Å². The average Bonchev–Trinajstić information content (AvgIpc) is 2.79. The summed E-state index contributed by atoms with van der Waals surface area (Å²) in [5.41, 5.74) is 3.44. The average molecular weight is 453 g/mol. The van der Waals surface area contributed by atoms with E-state index in [9.17, 15) is 15.3 Å². The number of halogens is 1. The molecule has 3 N–H and O–H groups in total. The molecule has 0 radical (unpaired) electrons. The molecular formula is C25H21ClO6. The van der Waals surface area contributed by atoms with Gasteiger partial charge in [0.2, 0.25) is 0 Å². The maximum atomic E-state index is 11.0. The van der Waals surface area contributed by atoms with E-state index in [0.29, 0.717) is 22.4 Å². The number of methoxy groups -OCH3 is 2. The number of ether oxygens (including phenoxy) is 3. The number of hydrogen-bond donors (Lipinski definition) is 3. The van der Waals surface area contributed by atoms with Crippen LogP contribution in [0.1, 0.15) is 0 Å². The molecule has 0 heterocycles. The fraction of sp³-hybridized carbons (Fsp3) is 0.120. The first-order valence-electron chi connectivity index (χ1n) is 9.47. The van der Waals surface area contributed by atoms with E-state index < -0.39 is 0 Å². The van der Waals surface area contributed by atoms with Crippen LogP contribution < -0.4 is 14.2 Å². The van der Waals surface area contributed by atoms with E-state index in [1.807, 2.05) is 0 Å². The molecule has 0 spiro atoms. The van der Waals surface area contributed by atoms with Gasteiger partial charge >= 0.3 is 0 Å². The summed E-state index contributed by atoms with van der Waals surface area (Å²) in [6.45, 7) is 0.0673. The van der Waals surface area contributed by atoms with Crippen molar-refractivity contribution in [3.05, 3.63) is 60.1 Å². The minimum Gasteiger partial charge on any atom is -0.508 e. The van der Waals surface area contributed by atoms with Crippen molar-refractivity contribution in [1.82, 2.24) is 0 Å². The van der Waals surface area contributed by atoms with E-state index in [4.69, 9.17) is 25.8 Å². The van der Waals surface area contributed by atoms with Gasteiger partial charge in [-0.15, -0.1) is 0 Å².